The van der Waals surface area contributed by atoms with Crippen molar-refractivity contribution in [3.8, 4) is 0 Å². The van der Waals surface area contributed by atoms with Crippen LogP contribution in [0.5, 0.6) is 0 Å². The highest BCUT2D eigenvalue weighted by atomic mass is 35.5. The number of hydrogen-bond donors (Lipinski definition) is 1. The molecular weight excluding hydrogens is 250 g/mol. The van der Waals surface area contributed by atoms with E-state index in [2.05, 4.69) is 0 Å². The Morgan fingerprint density at radius 1 is 1.60 bits per heavy atom. The first-order chi connectivity index (χ1) is 7.25. The second kappa shape index (κ2) is 5.55. The van der Waals surface area contributed by atoms with Crippen LogP contribution in [0.1, 0.15) is 4.88 Å². The number of halogens is 1. The van der Waals surface area contributed by atoms with Gasteiger partial charge in [0.25, 0.3) is 0 Å². The molecule has 0 saturated carbocycles. The number of ether oxygens (including phenoxy) is 1. The number of thiophene rings is 1. The maximum absolute atomic E-state index is 6.11. The molecule has 2 nitrogen and oxygen atoms in total. The van der Waals surface area contributed by atoms with E-state index in [-0.39, 0.29) is 12.1 Å². The summed E-state index contributed by atoms with van der Waals surface area (Å²) >= 11 is 9.39. The third-order valence-electron chi connectivity index (χ3n) is 2.39. The van der Waals surface area contributed by atoms with Gasteiger partial charge in [0.15, 0.2) is 0 Å². The molecule has 5 heteroatoms. The number of nitrogens with two attached hydrogens (primary N) is 1. The zero-order chi connectivity index (χ0) is 10.7. The highest BCUT2D eigenvalue weighted by Gasteiger charge is 2.22. The van der Waals surface area contributed by atoms with E-state index >= 15 is 0 Å². The minimum Gasteiger partial charge on any atom is -0.375 e. The van der Waals surface area contributed by atoms with Crippen LogP contribution in [0.3, 0.4) is 0 Å². The van der Waals surface area contributed by atoms with E-state index in [1.165, 1.54) is 4.88 Å². The zero-order valence-electron chi connectivity index (χ0n) is 8.32. The molecule has 2 heterocycles. The summed E-state index contributed by atoms with van der Waals surface area (Å²) in [5, 5.41) is 0. The van der Waals surface area contributed by atoms with Crippen LogP contribution in [0.2, 0.25) is 4.34 Å². The summed E-state index contributed by atoms with van der Waals surface area (Å²) in [5.74, 6) is 2.11. The van der Waals surface area contributed by atoms with Crippen molar-refractivity contribution in [1.82, 2.24) is 0 Å². The van der Waals surface area contributed by atoms with Gasteiger partial charge in [-0.15, -0.1) is 11.3 Å². The van der Waals surface area contributed by atoms with Crippen LogP contribution in [-0.2, 0) is 11.2 Å². The molecule has 0 radical (unpaired) electrons. The van der Waals surface area contributed by atoms with Gasteiger partial charge in [-0.1, -0.05) is 11.6 Å². The fourth-order valence-corrected chi connectivity index (χ4v) is 3.69. The van der Waals surface area contributed by atoms with Gasteiger partial charge in [0, 0.05) is 22.4 Å². The Hall–Kier alpha value is 0.260. The highest BCUT2D eigenvalue weighted by molar-refractivity contribution is 7.99. The minimum atomic E-state index is 0.0903. The summed E-state index contributed by atoms with van der Waals surface area (Å²) in [6.45, 7) is 0.828. The molecule has 2 rings (SSSR count). The molecule has 0 amide bonds. The van der Waals surface area contributed by atoms with E-state index in [4.69, 9.17) is 22.1 Å². The molecule has 1 fully saturated rings. The van der Waals surface area contributed by atoms with E-state index < -0.39 is 0 Å². The van der Waals surface area contributed by atoms with Gasteiger partial charge < -0.3 is 10.5 Å². The highest BCUT2D eigenvalue weighted by Crippen LogP contribution is 2.24. The molecule has 2 atom stereocenters. The first-order valence-corrected chi connectivity index (χ1v) is 7.30. The summed E-state index contributed by atoms with van der Waals surface area (Å²) < 4.78 is 6.47. The normalized spacial score (nSPS) is 24.0. The summed E-state index contributed by atoms with van der Waals surface area (Å²) in [6.07, 6.45) is 1.06. The quantitative estimate of drug-likeness (QED) is 0.910. The first-order valence-electron chi connectivity index (χ1n) is 4.95. The average Bonchev–Trinajstić information content (AvgIpc) is 2.65. The lowest BCUT2D eigenvalue weighted by atomic mass is 10.1. The third kappa shape index (κ3) is 3.36. The van der Waals surface area contributed by atoms with Gasteiger partial charge in [-0.25, -0.2) is 0 Å². The zero-order valence-corrected chi connectivity index (χ0v) is 10.7. The smallest absolute Gasteiger partial charge is 0.0931 e. The van der Waals surface area contributed by atoms with Crippen LogP contribution >= 0.6 is 34.7 Å². The van der Waals surface area contributed by atoms with Gasteiger partial charge in [0.1, 0.15) is 0 Å². The van der Waals surface area contributed by atoms with Crippen LogP contribution in [0, 0.1) is 0 Å². The lowest BCUT2D eigenvalue weighted by Crippen LogP contribution is -2.42. The van der Waals surface area contributed by atoms with Gasteiger partial charge in [0.05, 0.1) is 17.0 Å². The largest absolute Gasteiger partial charge is 0.375 e. The molecule has 0 aromatic carbocycles. The van der Waals surface area contributed by atoms with Crippen molar-refractivity contribution in [3.05, 3.63) is 21.3 Å². The maximum atomic E-state index is 6.11. The Labute approximate surface area is 103 Å². The van der Waals surface area contributed by atoms with Crippen molar-refractivity contribution in [2.24, 2.45) is 5.73 Å². The number of thioether (sulfide) groups is 1. The fraction of sp³-hybridized carbons (Fsp3) is 0.600. The van der Waals surface area contributed by atoms with Crippen LogP contribution in [0.25, 0.3) is 0 Å². The van der Waals surface area contributed by atoms with E-state index in [9.17, 15) is 0 Å². The molecule has 15 heavy (non-hydrogen) atoms. The minimum absolute atomic E-state index is 0.0903. The van der Waals surface area contributed by atoms with Gasteiger partial charge in [-0.2, -0.15) is 11.8 Å². The molecule has 1 saturated heterocycles. The topological polar surface area (TPSA) is 35.2 Å². The lowest BCUT2D eigenvalue weighted by Gasteiger charge is -2.27. The molecule has 2 N–H and O–H groups in total. The monoisotopic (exact) mass is 263 g/mol. The first kappa shape index (κ1) is 11.7. The van der Waals surface area contributed by atoms with Crippen LogP contribution in [0.15, 0.2) is 12.1 Å². The third-order valence-corrected chi connectivity index (χ3v) is 4.66. The Balaban J connectivity index is 1.88. The summed E-state index contributed by atoms with van der Waals surface area (Å²) in [5.41, 5.74) is 6.11. The van der Waals surface area contributed by atoms with E-state index in [1.807, 2.05) is 23.9 Å². The Bertz CT molecular complexity index is 312. The van der Waals surface area contributed by atoms with Gasteiger partial charge >= 0.3 is 0 Å². The van der Waals surface area contributed by atoms with Crippen molar-refractivity contribution in [1.29, 1.82) is 0 Å². The molecule has 1 aliphatic heterocycles. The molecule has 0 aliphatic carbocycles. The predicted molar refractivity (Wildman–Crippen MR) is 68.1 cm³/mol. The Morgan fingerprint density at radius 3 is 3.07 bits per heavy atom. The number of hydrogen-bond acceptors (Lipinski definition) is 4. The molecular formula is C10H14ClNOS2. The second-order valence-corrected chi connectivity index (χ2v) is 6.51. The molecule has 0 bridgehead atoms. The Morgan fingerprint density at radius 2 is 2.47 bits per heavy atom. The molecule has 1 aliphatic rings. The molecule has 0 spiro atoms. The fourth-order valence-electron chi connectivity index (χ4n) is 1.58. The summed E-state index contributed by atoms with van der Waals surface area (Å²) in [4.78, 5) is 1.24. The summed E-state index contributed by atoms with van der Waals surface area (Å²) in [6, 6.07) is 4.06. The SMILES string of the molecule is NC(Cc1ccc(Cl)s1)C1CSCCO1. The van der Waals surface area contributed by atoms with Gasteiger partial charge in [-0.05, 0) is 18.6 Å². The van der Waals surface area contributed by atoms with Crippen molar-refractivity contribution >= 4 is 34.7 Å². The molecule has 2 unspecified atom stereocenters. The molecule has 1 aromatic rings. The predicted octanol–water partition coefficient (Wildman–Crippen LogP) is 2.40. The van der Waals surface area contributed by atoms with Crippen molar-refractivity contribution in [2.45, 2.75) is 18.6 Å². The number of rotatable bonds is 3. The Kier molecular flexibility index (Phi) is 4.34. The van der Waals surface area contributed by atoms with E-state index in [0.29, 0.717) is 0 Å². The average molecular weight is 264 g/mol. The van der Waals surface area contributed by atoms with Crippen LogP contribution in [0.4, 0.5) is 0 Å². The van der Waals surface area contributed by atoms with Gasteiger partial charge in [0.2, 0.25) is 0 Å². The van der Waals surface area contributed by atoms with Crippen molar-refractivity contribution in [3.63, 3.8) is 0 Å². The van der Waals surface area contributed by atoms with E-state index in [1.54, 1.807) is 11.3 Å². The van der Waals surface area contributed by atoms with Gasteiger partial charge in [-0.3, -0.25) is 0 Å². The molecule has 1 aromatic heterocycles. The van der Waals surface area contributed by atoms with Crippen molar-refractivity contribution < 1.29 is 4.74 Å². The summed E-state index contributed by atoms with van der Waals surface area (Å²) in [7, 11) is 0. The van der Waals surface area contributed by atoms with Crippen molar-refractivity contribution in [2.75, 3.05) is 18.1 Å². The maximum Gasteiger partial charge on any atom is 0.0931 e. The molecule has 84 valence electrons. The van der Waals surface area contributed by atoms with Crippen LogP contribution in [-0.4, -0.2) is 30.3 Å². The lowest BCUT2D eigenvalue weighted by molar-refractivity contribution is 0.0573. The van der Waals surface area contributed by atoms with Crippen LogP contribution < -0.4 is 5.73 Å². The second-order valence-electron chi connectivity index (χ2n) is 3.56. The standard InChI is InChI=1S/C10H14ClNOS2/c11-10-2-1-7(15-10)5-8(12)9-6-14-4-3-13-9/h1-2,8-9H,3-6,12H2. The van der Waals surface area contributed by atoms with E-state index in [0.717, 1.165) is 28.9 Å².